The van der Waals surface area contributed by atoms with Crippen LogP contribution in [0.4, 0.5) is 0 Å². The number of benzene rings is 11. The molecule has 27 rings (SSSR count). The maximum Gasteiger partial charge on any atom is 0.284 e. The summed E-state index contributed by atoms with van der Waals surface area (Å²) in [6.07, 6.45) is 14.4. The van der Waals surface area contributed by atoms with Gasteiger partial charge in [0, 0.05) is 126 Å². The Morgan fingerprint density at radius 2 is 0.609 bits per heavy atom. The summed E-state index contributed by atoms with van der Waals surface area (Å²) < 4.78 is 21.0. The van der Waals surface area contributed by atoms with Crippen molar-refractivity contribution >= 4 is 175 Å². The summed E-state index contributed by atoms with van der Waals surface area (Å²) in [6.45, 7) is 0. The topological polar surface area (TPSA) is 296 Å². The Labute approximate surface area is 775 Å². The predicted molar refractivity (Wildman–Crippen MR) is 544 cm³/mol. The van der Waals surface area contributed by atoms with E-state index in [1.54, 1.807) is 134 Å². The molecule has 24 heteroatoms. The summed E-state index contributed by atoms with van der Waals surface area (Å²) in [5.74, 6) is 0. The number of nitrogens with zero attached hydrogens (tertiary/aromatic N) is 14. The molecule has 0 saturated heterocycles. The van der Waals surface area contributed by atoms with Crippen molar-refractivity contribution in [2.75, 3.05) is 0 Å². The van der Waals surface area contributed by atoms with Gasteiger partial charge in [-0.25, -0.2) is 28.2 Å². The van der Waals surface area contributed by atoms with Crippen LogP contribution in [0, 0.1) is 0 Å². The molecule has 0 atom stereocenters. The number of hydrogen-bond donors (Lipinski definition) is 0. The fourth-order valence-corrected chi connectivity index (χ4v) is 18.9. The molecule has 0 bridgehead atoms. The van der Waals surface area contributed by atoms with E-state index in [0.29, 0.717) is 127 Å². The molecule has 0 unspecified atom stereocenters. The molecule has 0 N–H and O–H groups in total. The summed E-state index contributed by atoms with van der Waals surface area (Å²) in [4.78, 5) is 147. The fourth-order valence-electron chi connectivity index (χ4n) is 18.9. The Morgan fingerprint density at radius 1 is 0.203 bits per heavy atom. The zero-order chi connectivity index (χ0) is 92.9. The quantitative estimate of drug-likeness (QED) is 0.143. The zero-order valence-corrected chi connectivity index (χ0v) is 72.4. The van der Waals surface area contributed by atoms with E-state index in [9.17, 15) is 38.4 Å². The molecule has 138 heavy (non-hydrogen) atoms. The molecule has 0 amide bonds. The van der Waals surface area contributed by atoms with Crippen LogP contribution >= 0.6 is 0 Å². The lowest BCUT2D eigenvalue weighted by Crippen LogP contribution is -2.28. The van der Waals surface area contributed by atoms with Gasteiger partial charge in [-0.15, -0.1) is 0 Å². The summed E-state index contributed by atoms with van der Waals surface area (Å²) in [5.41, 5.74) is 9.91. The van der Waals surface area contributed by atoms with Crippen molar-refractivity contribution in [3.8, 4) is 45.3 Å². The number of pyridine rings is 8. The monoisotopic (exact) mass is 1790 g/mol. The highest BCUT2D eigenvalue weighted by Crippen LogP contribution is 2.40. The van der Waals surface area contributed by atoms with Crippen LogP contribution in [0.25, 0.3) is 220 Å². The van der Waals surface area contributed by atoms with E-state index in [0.717, 1.165) is 82.1 Å². The number of hydrogen-bond acceptors (Lipinski definition) is 18. The highest BCUT2D eigenvalue weighted by molar-refractivity contribution is 6.24. The van der Waals surface area contributed by atoms with Crippen molar-refractivity contribution in [2.45, 2.75) is 0 Å². The molecule has 24 nitrogen and oxygen atoms in total. The molecule has 11 aromatic carbocycles. The van der Waals surface area contributed by atoms with Gasteiger partial charge >= 0.3 is 0 Å². The number of para-hydroxylation sites is 9. The van der Waals surface area contributed by atoms with E-state index in [4.69, 9.17) is 18.8 Å². The van der Waals surface area contributed by atoms with Crippen LogP contribution in [0.1, 0.15) is 0 Å². The molecular formula is C114H66N14O10. The van der Waals surface area contributed by atoms with E-state index in [1.165, 1.54) is 30.7 Å². The second-order valence-corrected chi connectivity index (χ2v) is 32.9. The van der Waals surface area contributed by atoms with Crippen LogP contribution in [0.3, 0.4) is 0 Å². The SMILES string of the molecule is O=c1c2ccncc2c2nc3c(cc2c(=O)n1-c1ccccc1)c1ccccc1n3-c1ccccc1.O=c1c2ccncc2c2ncc3c4ccccc4oc3c2c(=O)n1-c1ccccc1.O=c1c2cnccc2c2nc3oc4ccccc4c3cc2c(=O)n1-c1ccccc1.O=c1c2ncccc2c2ncc3c(c4ccccc4n3-c3ccccc3)c2c(=O)n1-c1ccc(-c2ccccc2)cc1. The van der Waals surface area contributed by atoms with E-state index in [-0.39, 0.29) is 10.9 Å². The highest BCUT2D eigenvalue weighted by Gasteiger charge is 2.27. The van der Waals surface area contributed by atoms with E-state index < -0.39 is 44.5 Å². The van der Waals surface area contributed by atoms with E-state index >= 15 is 0 Å². The van der Waals surface area contributed by atoms with Gasteiger partial charge in [0.25, 0.3) is 44.5 Å². The highest BCUT2D eigenvalue weighted by atomic mass is 16.3. The summed E-state index contributed by atoms with van der Waals surface area (Å²) in [6, 6.07) is 108. The first-order valence-electron chi connectivity index (χ1n) is 44.1. The van der Waals surface area contributed by atoms with Gasteiger partial charge in [0.2, 0.25) is 5.71 Å². The Bertz CT molecular complexity index is 10300. The number of furan rings is 2. The molecule has 16 heterocycles. The summed E-state index contributed by atoms with van der Waals surface area (Å²) in [7, 11) is 0. The van der Waals surface area contributed by atoms with E-state index in [2.05, 4.69) is 39.0 Å². The minimum atomic E-state index is -0.485. The molecule has 0 aliphatic rings. The van der Waals surface area contributed by atoms with Gasteiger partial charge in [0.15, 0.2) is 5.58 Å². The molecule has 0 aliphatic carbocycles. The standard InChI is InChI=1S/C36H22N4O2.C30H18N4O2.2C24H13N3O3/c41-35-32-31-27-14-7-8-16-29(27)39(25-12-5-2-6-13-25)30(31)22-38-33(32)28-15-9-21-37-34(28)36(42)40(35)26-19-17-24(18-20-26)23-10-3-1-4-11-23;35-29-22-15-16-31-18-25(22)27-24(30(36)34(29)20-11-5-2-6-12-20)17-23-21-13-7-8-14-26(21)33(28(23)32-27)19-9-3-1-4-10-19;28-23-16-10-11-25-12-17(16)21-20(24(29)27(23)14-6-2-1-3-7-14)22-18(13-26-21)15-8-4-5-9-19(15)30-22;28-23-18-12-17-15-8-4-5-9-20(15)30-22(17)26-21(18)16-10-11-25-13-19(16)24(29)27(23)14-6-2-1-3-7-14/h1-22H;1-18H;2*1-13H. The molecule has 27 aromatic rings. The average molecular weight is 1790 g/mol. The first-order valence-corrected chi connectivity index (χ1v) is 44.1. The zero-order valence-electron chi connectivity index (χ0n) is 72.4. The van der Waals surface area contributed by atoms with Crippen LogP contribution in [0.5, 0.6) is 0 Å². The molecular weight excluding hydrogens is 1730 g/mol. The van der Waals surface area contributed by atoms with Crippen molar-refractivity contribution in [3.63, 3.8) is 0 Å². The predicted octanol–water partition coefficient (Wildman–Crippen LogP) is 20.8. The maximum absolute atomic E-state index is 14.7. The van der Waals surface area contributed by atoms with Crippen LogP contribution in [-0.2, 0) is 0 Å². The number of rotatable bonds is 7. The number of aromatic nitrogens is 14. The van der Waals surface area contributed by atoms with Gasteiger partial charge in [-0.2, -0.15) is 0 Å². The summed E-state index contributed by atoms with van der Waals surface area (Å²) in [5, 5.41) is 11.2. The minimum Gasteiger partial charge on any atom is -0.455 e. The van der Waals surface area contributed by atoms with Gasteiger partial charge in [0.05, 0.1) is 99.9 Å². The lowest BCUT2D eigenvalue weighted by atomic mass is 10.1. The number of fused-ring (bicyclic) bond motifs is 26. The molecule has 0 saturated carbocycles. The van der Waals surface area contributed by atoms with Crippen LogP contribution in [0.15, 0.2) is 449 Å². The second kappa shape index (κ2) is 33.3. The van der Waals surface area contributed by atoms with Gasteiger partial charge < -0.3 is 13.4 Å². The third kappa shape index (κ3) is 13.4. The van der Waals surface area contributed by atoms with Gasteiger partial charge in [-0.3, -0.25) is 72.8 Å². The third-order valence-corrected chi connectivity index (χ3v) is 25.2. The van der Waals surface area contributed by atoms with Gasteiger partial charge in [0.1, 0.15) is 27.7 Å². The van der Waals surface area contributed by atoms with Crippen LogP contribution in [0.2, 0.25) is 0 Å². The second-order valence-electron chi connectivity index (χ2n) is 32.9. The van der Waals surface area contributed by atoms with Crippen LogP contribution in [-0.4, -0.2) is 67.3 Å². The van der Waals surface area contributed by atoms with Crippen molar-refractivity contribution < 1.29 is 8.83 Å². The Hall–Kier alpha value is -19.6. The first-order chi connectivity index (χ1) is 67.9. The van der Waals surface area contributed by atoms with E-state index in [1.807, 2.05) is 255 Å². The smallest absolute Gasteiger partial charge is 0.284 e. The minimum absolute atomic E-state index is 0.190. The van der Waals surface area contributed by atoms with Crippen molar-refractivity contribution in [2.24, 2.45) is 0 Å². The van der Waals surface area contributed by atoms with Crippen molar-refractivity contribution in [3.05, 3.63) is 484 Å². The van der Waals surface area contributed by atoms with Crippen LogP contribution < -0.4 is 44.5 Å². The maximum atomic E-state index is 14.7. The summed E-state index contributed by atoms with van der Waals surface area (Å²) >= 11 is 0. The third-order valence-electron chi connectivity index (χ3n) is 25.2. The molecule has 652 valence electrons. The molecule has 0 aliphatic heterocycles. The normalized spacial score (nSPS) is 11.6. The molecule has 0 radical (unpaired) electrons. The molecule has 16 aromatic heterocycles. The molecule has 0 fully saturated rings. The van der Waals surface area contributed by atoms with Crippen molar-refractivity contribution in [1.82, 2.24) is 67.3 Å². The lowest BCUT2D eigenvalue weighted by molar-refractivity contribution is 0.656. The first kappa shape index (κ1) is 81.6. The Morgan fingerprint density at radius 3 is 1.20 bits per heavy atom. The van der Waals surface area contributed by atoms with Gasteiger partial charge in [-0.1, -0.05) is 206 Å². The fraction of sp³-hybridized carbons (Fsp3) is 0. The van der Waals surface area contributed by atoms with Crippen molar-refractivity contribution in [1.29, 1.82) is 0 Å². The average Bonchev–Trinajstić information content (AvgIpc) is 1.54. The van der Waals surface area contributed by atoms with Gasteiger partial charge in [-0.05, 0) is 151 Å². The lowest BCUT2D eigenvalue weighted by Gasteiger charge is -2.07. The Balaban J connectivity index is 0.000000101. The Kier molecular flexibility index (Phi) is 19.7. The largest absolute Gasteiger partial charge is 0.455 e. The molecule has 0 spiro atoms.